The molecule has 6 atom stereocenters. The summed E-state index contributed by atoms with van der Waals surface area (Å²) >= 11 is 1.70. The molecule has 1 aliphatic rings. The number of benzene rings is 3. The van der Waals surface area contributed by atoms with Gasteiger partial charge in [-0.2, -0.15) is 0 Å². The molecule has 0 aromatic heterocycles. The minimum Gasteiger partial charge on any atom is -0.445 e. The maximum Gasteiger partial charge on any atom is 0.408 e. The molecule has 1 aliphatic heterocycles. The van der Waals surface area contributed by atoms with Crippen molar-refractivity contribution in [2.75, 3.05) is 18.2 Å². The number of carbonyl (C=O) groups excluding carboxylic acids is 4. The molecule has 4 rings (SSSR count). The molecule has 1 saturated heterocycles. The third kappa shape index (κ3) is 13.1. The number of hydrogen-bond donors (Lipinski definition) is 6. The van der Waals surface area contributed by atoms with E-state index in [2.05, 4.69) is 33.5 Å². The van der Waals surface area contributed by atoms with Crippen molar-refractivity contribution in [2.24, 2.45) is 11.8 Å². The molecule has 0 aliphatic carbocycles. The lowest BCUT2D eigenvalue weighted by Gasteiger charge is -2.30. The summed E-state index contributed by atoms with van der Waals surface area (Å²) in [7, 11) is 0. The maximum atomic E-state index is 14.2. The van der Waals surface area contributed by atoms with Crippen LogP contribution in [-0.2, 0) is 32.1 Å². The van der Waals surface area contributed by atoms with E-state index < -0.39 is 42.1 Å². The van der Waals surface area contributed by atoms with Crippen molar-refractivity contribution in [3.63, 3.8) is 0 Å². The number of hydrogen-bond acceptors (Lipinski definition) is 8. The van der Waals surface area contributed by atoms with Crippen LogP contribution in [0.3, 0.4) is 0 Å². The molecule has 282 valence electrons. The van der Waals surface area contributed by atoms with E-state index in [1.54, 1.807) is 11.8 Å². The fourth-order valence-corrected chi connectivity index (χ4v) is 7.13. The normalized spacial score (nSPS) is 17.1. The molecule has 2 unspecified atom stereocenters. The lowest BCUT2D eigenvalue weighted by Crippen LogP contribution is -2.58. The van der Waals surface area contributed by atoms with Crippen molar-refractivity contribution < 1.29 is 29.0 Å². The molecule has 4 amide bonds. The van der Waals surface area contributed by atoms with Gasteiger partial charge in [-0.25, -0.2) is 4.79 Å². The lowest BCUT2D eigenvalue weighted by molar-refractivity contribution is -0.131. The molecular weight excluding hydrogens is 679 g/mol. The van der Waals surface area contributed by atoms with Gasteiger partial charge in [0.2, 0.25) is 17.7 Å². The molecule has 3 aromatic rings. The number of aliphatic hydroxyl groups is 1. The van der Waals surface area contributed by atoms with Gasteiger partial charge in [-0.15, -0.1) is 11.8 Å². The first kappa shape index (κ1) is 40.6. The first-order chi connectivity index (χ1) is 25.0. The average Bonchev–Trinajstić information content (AvgIpc) is 3.65. The van der Waals surface area contributed by atoms with E-state index >= 15 is 0 Å². The minimum absolute atomic E-state index is 0.0283. The topological polar surface area (TPSA) is 158 Å². The van der Waals surface area contributed by atoms with Crippen molar-refractivity contribution in [3.8, 4) is 0 Å². The van der Waals surface area contributed by atoms with Crippen molar-refractivity contribution in [3.05, 3.63) is 83.9 Å². The minimum atomic E-state index is -1.13. The number of ether oxygens (including phenoxy) is 1. The molecule has 0 spiro atoms. The third-order valence-electron chi connectivity index (χ3n) is 9.33. The maximum absolute atomic E-state index is 14.2. The number of amides is 4. The fourth-order valence-electron chi connectivity index (χ4n) is 6.12. The van der Waals surface area contributed by atoms with E-state index in [9.17, 15) is 24.3 Å². The number of fused-ring (bicyclic) bond motifs is 1. The van der Waals surface area contributed by atoms with Crippen LogP contribution < -0.4 is 26.6 Å². The summed E-state index contributed by atoms with van der Waals surface area (Å²) in [4.78, 5) is 54.1. The Morgan fingerprint density at radius 2 is 1.62 bits per heavy atom. The number of alkyl carbamates (subject to hydrolysis) is 1. The Balaban J connectivity index is 1.53. The van der Waals surface area contributed by atoms with Gasteiger partial charge in [-0.3, -0.25) is 14.4 Å². The van der Waals surface area contributed by atoms with Gasteiger partial charge in [0.05, 0.1) is 18.6 Å². The smallest absolute Gasteiger partial charge is 0.408 e. The Bertz CT molecular complexity index is 1600. The molecule has 0 bridgehead atoms. The van der Waals surface area contributed by atoms with Gasteiger partial charge in [0.15, 0.2) is 0 Å². The van der Waals surface area contributed by atoms with E-state index in [1.807, 2.05) is 93.6 Å². The summed E-state index contributed by atoms with van der Waals surface area (Å²) < 4.78 is 5.50. The van der Waals surface area contributed by atoms with Crippen LogP contribution in [0.15, 0.2) is 72.8 Å². The van der Waals surface area contributed by atoms with E-state index in [4.69, 9.17) is 4.74 Å². The Kier molecular flexibility index (Phi) is 16.2. The number of nitrogens with one attached hydrogen (secondary N) is 5. The van der Waals surface area contributed by atoms with Gasteiger partial charge in [0.1, 0.15) is 18.7 Å². The first-order valence-electron chi connectivity index (χ1n) is 18.3. The molecule has 0 radical (unpaired) electrons. The molecule has 1 heterocycles. The highest BCUT2D eigenvalue weighted by Crippen LogP contribution is 2.21. The summed E-state index contributed by atoms with van der Waals surface area (Å²) in [5.41, 5.74) is 1.65. The number of carbonyl (C=O) groups is 4. The van der Waals surface area contributed by atoms with Crippen LogP contribution in [0.2, 0.25) is 0 Å². The Morgan fingerprint density at radius 1 is 0.904 bits per heavy atom. The Morgan fingerprint density at radius 3 is 2.33 bits per heavy atom. The predicted molar refractivity (Wildman–Crippen MR) is 206 cm³/mol. The van der Waals surface area contributed by atoms with Crippen LogP contribution >= 0.6 is 11.8 Å². The summed E-state index contributed by atoms with van der Waals surface area (Å²) in [6, 6.07) is 20.1. The number of thioether (sulfide) groups is 1. The summed E-state index contributed by atoms with van der Waals surface area (Å²) in [5, 5.41) is 28.0. The van der Waals surface area contributed by atoms with Gasteiger partial charge in [0.25, 0.3) is 0 Å². The zero-order valence-electron chi connectivity index (χ0n) is 30.7. The van der Waals surface area contributed by atoms with Crippen molar-refractivity contribution >= 4 is 46.3 Å². The van der Waals surface area contributed by atoms with E-state index in [1.165, 1.54) is 0 Å². The van der Waals surface area contributed by atoms with Crippen LogP contribution in [0.1, 0.15) is 64.5 Å². The van der Waals surface area contributed by atoms with Crippen molar-refractivity contribution in [2.45, 2.75) is 96.7 Å². The second-order valence-electron chi connectivity index (χ2n) is 14.1. The van der Waals surface area contributed by atoms with Crippen LogP contribution in [0.5, 0.6) is 0 Å². The van der Waals surface area contributed by atoms with E-state index in [-0.39, 0.29) is 37.3 Å². The van der Waals surface area contributed by atoms with Crippen LogP contribution in [0.25, 0.3) is 10.8 Å². The molecule has 52 heavy (non-hydrogen) atoms. The van der Waals surface area contributed by atoms with Gasteiger partial charge < -0.3 is 36.4 Å². The molecule has 3 aromatic carbocycles. The highest BCUT2D eigenvalue weighted by molar-refractivity contribution is 7.99. The molecule has 12 heteroatoms. The van der Waals surface area contributed by atoms with E-state index in [0.29, 0.717) is 25.3 Å². The van der Waals surface area contributed by atoms with Crippen molar-refractivity contribution in [1.29, 1.82) is 0 Å². The quantitative estimate of drug-likeness (QED) is 0.104. The largest absolute Gasteiger partial charge is 0.445 e. The van der Waals surface area contributed by atoms with Gasteiger partial charge in [-0.1, -0.05) is 107 Å². The average molecular weight is 734 g/mol. The lowest BCUT2D eigenvalue weighted by atomic mass is 9.95. The molecule has 6 N–H and O–H groups in total. The second-order valence-corrected chi connectivity index (χ2v) is 15.2. The van der Waals surface area contributed by atoms with Crippen LogP contribution in [0, 0.1) is 11.8 Å². The van der Waals surface area contributed by atoms with E-state index in [0.717, 1.165) is 39.9 Å². The molecule has 11 nitrogen and oxygen atoms in total. The fraction of sp³-hybridized carbons (Fsp3) is 0.500. The van der Waals surface area contributed by atoms with Crippen molar-refractivity contribution in [1.82, 2.24) is 26.6 Å². The van der Waals surface area contributed by atoms with Gasteiger partial charge in [-0.05, 0) is 46.6 Å². The second kappa shape index (κ2) is 20.8. The molecular formula is C40H55N5O6S. The summed E-state index contributed by atoms with van der Waals surface area (Å²) in [6.07, 6.45) is -0.241. The summed E-state index contributed by atoms with van der Waals surface area (Å²) in [6.45, 7) is 8.59. The van der Waals surface area contributed by atoms with Gasteiger partial charge in [0, 0.05) is 30.6 Å². The monoisotopic (exact) mass is 733 g/mol. The SMILES string of the molecule is CCC(C)CNC(=O)C[C@H](O)[C@H](CC(C)C)NC(=O)[C@H](CC1CSCN1)NC(=O)[C@H](Cc1cccc2ccccc12)NC(=O)OCc1ccccc1. The van der Waals surface area contributed by atoms with Gasteiger partial charge >= 0.3 is 6.09 Å². The zero-order valence-corrected chi connectivity index (χ0v) is 31.5. The Labute approximate surface area is 311 Å². The Hall–Kier alpha value is -4.13. The molecule has 0 saturated carbocycles. The number of aliphatic hydroxyl groups excluding tert-OH is 1. The highest BCUT2D eigenvalue weighted by atomic mass is 32.2. The standard InChI is InChI=1S/C40H55N5O6S/c1-5-27(4)22-41-37(47)21-36(46)33(18-26(2)3)43-39(49)35(20-31-24-52-25-42-31)44-38(48)34(45-40(50)51-23-28-12-7-6-8-13-28)19-30-16-11-15-29-14-9-10-17-32(29)30/h6-17,26-27,31,33-36,42,46H,5,18-25H2,1-4H3,(H,41,47)(H,43,49)(H,44,48)(H,45,50)/t27?,31?,33-,34-,35-,36-/m0/s1. The first-order valence-corrected chi connectivity index (χ1v) is 19.5. The van der Waals surface area contributed by atoms with Crippen LogP contribution in [0.4, 0.5) is 4.79 Å². The summed E-state index contributed by atoms with van der Waals surface area (Å²) in [5.74, 6) is 0.620. The number of rotatable bonds is 19. The third-order valence-corrected chi connectivity index (χ3v) is 10.3. The zero-order chi connectivity index (χ0) is 37.5. The van der Waals surface area contributed by atoms with Crippen LogP contribution in [-0.4, -0.2) is 77.4 Å². The highest BCUT2D eigenvalue weighted by Gasteiger charge is 2.33. The predicted octanol–water partition coefficient (Wildman–Crippen LogP) is 4.66. The molecule has 1 fully saturated rings.